The lowest BCUT2D eigenvalue weighted by Crippen LogP contribution is -2.16. The largest absolute Gasteiger partial charge is 0.513 e. The van der Waals surface area contributed by atoms with Crippen molar-refractivity contribution in [2.24, 2.45) is 17.3 Å². The molecule has 3 nitrogen and oxygen atoms in total. The Kier molecular flexibility index (Phi) is 4.77. The molecule has 0 bridgehead atoms. The lowest BCUT2D eigenvalue weighted by molar-refractivity contribution is -0.143. The molecule has 0 aromatic rings. The summed E-state index contributed by atoms with van der Waals surface area (Å²) in [5.74, 6) is 0.297. The molecule has 0 aromatic heterocycles. The molecule has 3 heteroatoms. The summed E-state index contributed by atoms with van der Waals surface area (Å²) in [4.78, 5) is 11.9. The highest BCUT2D eigenvalue weighted by atomic mass is 16.6. The fourth-order valence-corrected chi connectivity index (χ4v) is 3.61. The van der Waals surface area contributed by atoms with Crippen LogP contribution in [-0.2, 0) is 9.53 Å². The molecule has 1 saturated carbocycles. The second-order valence-electron chi connectivity index (χ2n) is 7.20. The van der Waals surface area contributed by atoms with E-state index in [4.69, 9.17) is 4.74 Å². The van der Waals surface area contributed by atoms with Gasteiger partial charge in [-0.05, 0) is 37.2 Å². The number of carbonyl (C=O) groups excluding carboxylic acids is 1. The molecule has 0 radical (unpaired) electrons. The van der Waals surface area contributed by atoms with Crippen molar-refractivity contribution < 1.29 is 14.6 Å². The van der Waals surface area contributed by atoms with Crippen molar-refractivity contribution in [1.29, 1.82) is 0 Å². The lowest BCUT2D eigenvalue weighted by Gasteiger charge is -2.24. The Labute approximate surface area is 122 Å². The zero-order chi connectivity index (χ0) is 14.8. The van der Waals surface area contributed by atoms with Gasteiger partial charge in [0.05, 0.1) is 11.7 Å². The molecule has 1 aliphatic carbocycles. The number of carbonyl (C=O) groups is 1. The van der Waals surface area contributed by atoms with Crippen molar-refractivity contribution in [2.75, 3.05) is 0 Å². The average molecular weight is 280 g/mol. The second-order valence-corrected chi connectivity index (χ2v) is 7.20. The maximum atomic E-state index is 11.9. The summed E-state index contributed by atoms with van der Waals surface area (Å²) < 4.78 is 5.40. The van der Waals surface area contributed by atoms with E-state index in [1.54, 1.807) is 6.08 Å². The number of ether oxygens (including phenoxy) is 1. The zero-order valence-electron chi connectivity index (χ0n) is 13.0. The minimum atomic E-state index is -0.218. The fraction of sp³-hybridized carbons (Fsp3) is 0.824. The van der Waals surface area contributed by atoms with Crippen molar-refractivity contribution in [1.82, 2.24) is 0 Å². The van der Waals surface area contributed by atoms with Crippen molar-refractivity contribution in [3.05, 3.63) is 11.8 Å². The molecule has 1 heterocycles. The van der Waals surface area contributed by atoms with E-state index in [1.807, 2.05) is 0 Å². The Hall–Kier alpha value is -0.990. The van der Waals surface area contributed by atoms with Gasteiger partial charge in [-0.25, -0.2) is 0 Å². The number of unbranched alkanes of at least 4 members (excludes halogenated alkanes) is 1. The second kappa shape index (κ2) is 6.19. The summed E-state index contributed by atoms with van der Waals surface area (Å²) in [6, 6.07) is 0. The first-order chi connectivity index (χ1) is 9.43. The van der Waals surface area contributed by atoms with E-state index in [-0.39, 0.29) is 23.4 Å². The highest BCUT2D eigenvalue weighted by Gasteiger charge is 2.46. The third-order valence-corrected chi connectivity index (χ3v) is 4.74. The molecular weight excluding hydrogens is 252 g/mol. The molecule has 3 atom stereocenters. The summed E-state index contributed by atoms with van der Waals surface area (Å²) in [5.41, 5.74) is 0.0914. The maximum absolute atomic E-state index is 11.9. The Balaban J connectivity index is 1.97. The van der Waals surface area contributed by atoms with Gasteiger partial charge in [-0.3, -0.25) is 4.79 Å². The van der Waals surface area contributed by atoms with Gasteiger partial charge < -0.3 is 9.84 Å². The van der Waals surface area contributed by atoms with Gasteiger partial charge in [0.15, 0.2) is 0 Å². The molecule has 0 aromatic carbocycles. The average Bonchev–Trinajstić information content (AvgIpc) is 2.90. The Bertz CT molecular complexity index is 384. The molecule has 1 aliphatic heterocycles. The molecule has 20 heavy (non-hydrogen) atoms. The number of hydrogen-bond acceptors (Lipinski definition) is 3. The highest BCUT2D eigenvalue weighted by molar-refractivity contribution is 5.77. The normalized spacial score (nSPS) is 30.4. The Morgan fingerprint density at radius 1 is 1.45 bits per heavy atom. The third kappa shape index (κ3) is 3.56. The number of rotatable bonds is 6. The predicted octanol–water partition coefficient (Wildman–Crippen LogP) is 4.38. The van der Waals surface area contributed by atoms with E-state index in [2.05, 4.69) is 20.8 Å². The van der Waals surface area contributed by atoms with Crippen molar-refractivity contribution in [2.45, 2.75) is 71.8 Å². The van der Waals surface area contributed by atoms with Crippen LogP contribution in [0.5, 0.6) is 0 Å². The van der Waals surface area contributed by atoms with Gasteiger partial charge in [-0.1, -0.05) is 33.6 Å². The summed E-state index contributed by atoms with van der Waals surface area (Å²) in [5, 5.41) is 10.2. The standard InChI is InChI=1S/C17H28O3/c1-4-5-9-17(2,3)11-12(18)10-14-13-7-6-8-15(13)20-16(14)19/h10,13-15,18H,4-9,11H2,1-3H3/t13-,14?,15+/m0/s1. The summed E-state index contributed by atoms with van der Waals surface area (Å²) in [6.07, 6.45) is 9.14. The van der Waals surface area contributed by atoms with Gasteiger partial charge in [0, 0.05) is 12.3 Å². The minimum Gasteiger partial charge on any atom is -0.513 e. The number of esters is 1. The van der Waals surface area contributed by atoms with Crippen molar-refractivity contribution in [3.8, 4) is 0 Å². The summed E-state index contributed by atoms with van der Waals surface area (Å²) in [6.45, 7) is 6.54. The fourth-order valence-electron chi connectivity index (χ4n) is 3.61. The molecule has 2 fully saturated rings. The molecule has 1 N–H and O–H groups in total. The van der Waals surface area contributed by atoms with Crippen molar-refractivity contribution in [3.63, 3.8) is 0 Å². The van der Waals surface area contributed by atoms with Crippen LogP contribution in [0.25, 0.3) is 0 Å². The van der Waals surface area contributed by atoms with E-state index in [1.165, 1.54) is 12.8 Å². The first-order valence-corrected chi connectivity index (χ1v) is 8.03. The summed E-state index contributed by atoms with van der Waals surface area (Å²) in [7, 11) is 0. The topological polar surface area (TPSA) is 46.5 Å². The van der Waals surface area contributed by atoms with Crippen LogP contribution in [0.2, 0.25) is 0 Å². The van der Waals surface area contributed by atoms with Gasteiger partial charge in [0.1, 0.15) is 6.10 Å². The van der Waals surface area contributed by atoms with E-state index in [9.17, 15) is 9.90 Å². The minimum absolute atomic E-state index is 0.0914. The smallest absolute Gasteiger partial charge is 0.313 e. The molecule has 0 amide bonds. The molecular formula is C17H28O3. The lowest BCUT2D eigenvalue weighted by atomic mass is 9.82. The van der Waals surface area contributed by atoms with E-state index < -0.39 is 0 Å². The highest BCUT2D eigenvalue weighted by Crippen LogP contribution is 2.42. The number of aliphatic hydroxyl groups excluding tert-OH is 1. The molecule has 2 aliphatic rings. The van der Waals surface area contributed by atoms with Crippen LogP contribution in [0.4, 0.5) is 0 Å². The molecule has 1 unspecified atom stereocenters. The van der Waals surface area contributed by atoms with Gasteiger partial charge in [0.2, 0.25) is 0 Å². The van der Waals surface area contributed by atoms with E-state index >= 15 is 0 Å². The maximum Gasteiger partial charge on any atom is 0.313 e. The molecule has 0 spiro atoms. The molecule has 1 saturated heterocycles. The van der Waals surface area contributed by atoms with Gasteiger partial charge >= 0.3 is 5.97 Å². The van der Waals surface area contributed by atoms with E-state index in [0.717, 1.165) is 25.7 Å². The number of hydrogen-bond donors (Lipinski definition) is 1. The van der Waals surface area contributed by atoms with Crippen LogP contribution >= 0.6 is 0 Å². The van der Waals surface area contributed by atoms with Crippen LogP contribution in [0, 0.1) is 17.3 Å². The van der Waals surface area contributed by atoms with Crippen molar-refractivity contribution >= 4 is 5.97 Å². The Morgan fingerprint density at radius 2 is 2.20 bits per heavy atom. The SMILES string of the molecule is CCCCC(C)(C)CC(O)=CC1C(=O)O[C@@H]2CCC[C@@H]12. The van der Waals surface area contributed by atoms with Crippen LogP contribution in [0.1, 0.15) is 65.7 Å². The van der Waals surface area contributed by atoms with Gasteiger partial charge in [-0.2, -0.15) is 0 Å². The molecule has 114 valence electrons. The Morgan fingerprint density at radius 3 is 2.90 bits per heavy atom. The number of fused-ring (bicyclic) bond motifs is 1. The van der Waals surface area contributed by atoms with Crippen LogP contribution in [0.3, 0.4) is 0 Å². The van der Waals surface area contributed by atoms with Crippen LogP contribution in [0.15, 0.2) is 11.8 Å². The monoisotopic (exact) mass is 280 g/mol. The molecule has 2 rings (SSSR count). The quantitative estimate of drug-likeness (QED) is 0.580. The predicted molar refractivity (Wildman–Crippen MR) is 79.3 cm³/mol. The van der Waals surface area contributed by atoms with Crippen LogP contribution in [-0.4, -0.2) is 17.2 Å². The summed E-state index contributed by atoms with van der Waals surface area (Å²) >= 11 is 0. The number of allylic oxidation sites excluding steroid dienone is 1. The number of aliphatic hydroxyl groups is 1. The van der Waals surface area contributed by atoms with E-state index in [0.29, 0.717) is 18.1 Å². The van der Waals surface area contributed by atoms with Crippen LogP contribution < -0.4 is 0 Å². The zero-order valence-corrected chi connectivity index (χ0v) is 13.0. The first-order valence-electron chi connectivity index (χ1n) is 8.03. The third-order valence-electron chi connectivity index (χ3n) is 4.74. The first kappa shape index (κ1) is 15.4. The van der Waals surface area contributed by atoms with Gasteiger partial charge in [-0.15, -0.1) is 0 Å². The van der Waals surface area contributed by atoms with Gasteiger partial charge in [0.25, 0.3) is 0 Å².